The van der Waals surface area contributed by atoms with Crippen LogP contribution < -0.4 is 5.32 Å². The van der Waals surface area contributed by atoms with Gasteiger partial charge in [-0.05, 0) is 25.7 Å². The first-order chi connectivity index (χ1) is 9.93. The van der Waals surface area contributed by atoms with Crippen LogP contribution in [0, 0.1) is 0 Å². The maximum atomic E-state index is 12.7. The van der Waals surface area contributed by atoms with Crippen LogP contribution >= 0.6 is 0 Å². The van der Waals surface area contributed by atoms with Crippen molar-refractivity contribution in [2.45, 2.75) is 44.0 Å². The molecule has 1 aliphatic carbocycles. The summed E-state index contributed by atoms with van der Waals surface area (Å²) in [7, 11) is 0. The van der Waals surface area contributed by atoms with Crippen molar-refractivity contribution in [2.24, 2.45) is 0 Å². The molecule has 2 aromatic rings. The summed E-state index contributed by atoms with van der Waals surface area (Å²) in [5, 5.41) is 16.2. The molecule has 5 nitrogen and oxygen atoms in total. The van der Waals surface area contributed by atoms with Crippen LogP contribution in [-0.2, 0) is 6.18 Å². The minimum Gasteiger partial charge on any atom is -0.393 e. The van der Waals surface area contributed by atoms with Gasteiger partial charge in [-0.1, -0.05) is 0 Å². The molecule has 1 fully saturated rings. The Hall–Kier alpha value is -1.83. The van der Waals surface area contributed by atoms with E-state index in [1.54, 1.807) is 0 Å². The zero-order valence-corrected chi connectivity index (χ0v) is 11.1. The van der Waals surface area contributed by atoms with Crippen LogP contribution in [0.15, 0.2) is 18.5 Å². The summed E-state index contributed by atoms with van der Waals surface area (Å²) in [6, 6.07) is 1.10. The molecule has 0 saturated heterocycles. The Morgan fingerprint density at radius 3 is 2.62 bits per heavy atom. The van der Waals surface area contributed by atoms with Gasteiger partial charge in [0.15, 0.2) is 11.5 Å². The number of hydrogen-bond acceptors (Lipinski definition) is 4. The number of nitrogens with zero attached hydrogens (tertiary/aromatic N) is 3. The van der Waals surface area contributed by atoms with Gasteiger partial charge >= 0.3 is 6.18 Å². The molecule has 21 heavy (non-hydrogen) atoms. The average Bonchev–Trinajstić information content (AvgIpc) is 2.86. The van der Waals surface area contributed by atoms with Crippen LogP contribution in [0.5, 0.6) is 0 Å². The van der Waals surface area contributed by atoms with E-state index in [-0.39, 0.29) is 12.1 Å². The Morgan fingerprint density at radius 1 is 1.24 bits per heavy atom. The molecule has 1 saturated carbocycles. The van der Waals surface area contributed by atoms with Crippen LogP contribution in [0.1, 0.15) is 31.4 Å². The molecule has 8 heteroatoms. The third kappa shape index (κ3) is 2.94. The fraction of sp³-hybridized carbons (Fsp3) is 0.538. The second kappa shape index (κ2) is 5.18. The van der Waals surface area contributed by atoms with Gasteiger partial charge in [-0.25, -0.2) is 9.50 Å². The van der Waals surface area contributed by atoms with Crippen LogP contribution in [-0.4, -0.2) is 31.9 Å². The van der Waals surface area contributed by atoms with Gasteiger partial charge in [-0.2, -0.15) is 18.3 Å². The van der Waals surface area contributed by atoms with E-state index in [1.807, 2.05) is 0 Å². The third-order valence-corrected chi connectivity index (χ3v) is 3.72. The van der Waals surface area contributed by atoms with E-state index in [0.29, 0.717) is 24.2 Å². The van der Waals surface area contributed by atoms with Crippen LogP contribution in [0.2, 0.25) is 0 Å². The highest BCUT2D eigenvalue weighted by Gasteiger charge is 2.34. The Bertz CT molecular complexity index is 632. The first-order valence-corrected chi connectivity index (χ1v) is 6.79. The summed E-state index contributed by atoms with van der Waals surface area (Å²) in [6.45, 7) is 0. The van der Waals surface area contributed by atoms with Crippen LogP contribution in [0.3, 0.4) is 0 Å². The van der Waals surface area contributed by atoms with E-state index >= 15 is 0 Å². The molecule has 0 radical (unpaired) electrons. The first kappa shape index (κ1) is 14.1. The second-order valence-corrected chi connectivity index (χ2v) is 5.28. The van der Waals surface area contributed by atoms with E-state index in [9.17, 15) is 18.3 Å². The third-order valence-electron chi connectivity index (χ3n) is 3.72. The number of rotatable bonds is 2. The van der Waals surface area contributed by atoms with Crippen molar-refractivity contribution in [3.63, 3.8) is 0 Å². The van der Waals surface area contributed by atoms with Crippen molar-refractivity contribution in [3.05, 3.63) is 24.2 Å². The van der Waals surface area contributed by atoms with Gasteiger partial charge in [0.1, 0.15) is 5.52 Å². The van der Waals surface area contributed by atoms with Gasteiger partial charge in [0, 0.05) is 24.5 Å². The molecule has 0 unspecified atom stereocenters. The number of aromatic nitrogens is 3. The van der Waals surface area contributed by atoms with Gasteiger partial charge in [0.2, 0.25) is 0 Å². The van der Waals surface area contributed by atoms with Crippen molar-refractivity contribution in [1.29, 1.82) is 0 Å². The molecule has 3 rings (SSSR count). The highest BCUT2D eigenvalue weighted by atomic mass is 19.4. The lowest BCUT2D eigenvalue weighted by Gasteiger charge is -2.26. The maximum Gasteiger partial charge on any atom is 0.435 e. The zero-order valence-electron chi connectivity index (χ0n) is 11.1. The maximum absolute atomic E-state index is 12.7. The van der Waals surface area contributed by atoms with Gasteiger partial charge in [0.05, 0.1) is 6.10 Å². The minimum absolute atomic E-state index is 0.108. The summed E-state index contributed by atoms with van der Waals surface area (Å²) < 4.78 is 39.3. The molecule has 0 atom stereocenters. The molecule has 0 bridgehead atoms. The monoisotopic (exact) mass is 300 g/mol. The van der Waals surface area contributed by atoms with Gasteiger partial charge in [-0.3, -0.25) is 0 Å². The van der Waals surface area contributed by atoms with Crippen molar-refractivity contribution >= 4 is 11.3 Å². The summed E-state index contributed by atoms with van der Waals surface area (Å²) in [5.74, 6) is 0.391. The van der Waals surface area contributed by atoms with Crippen molar-refractivity contribution in [3.8, 4) is 0 Å². The molecule has 0 spiro atoms. The molecular weight excluding hydrogens is 285 g/mol. The second-order valence-electron chi connectivity index (χ2n) is 5.28. The first-order valence-electron chi connectivity index (χ1n) is 6.79. The highest BCUT2D eigenvalue weighted by molar-refractivity contribution is 5.68. The lowest BCUT2D eigenvalue weighted by molar-refractivity contribution is -0.141. The average molecular weight is 300 g/mol. The summed E-state index contributed by atoms with van der Waals surface area (Å²) in [4.78, 5) is 4.11. The van der Waals surface area contributed by atoms with Gasteiger partial charge < -0.3 is 10.4 Å². The lowest BCUT2D eigenvalue weighted by Crippen LogP contribution is -2.28. The molecular formula is C13H15F3N4O. The van der Waals surface area contributed by atoms with E-state index < -0.39 is 11.9 Å². The fourth-order valence-corrected chi connectivity index (χ4v) is 2.59. The number of anilines is 1. The SMILES string of the molecule is OC1CCC(Nc2nccn3nc(C(F)(F)F)cc23)CC1. The summed E-state index contributed by atoms with van der Waals surface area (Å²) >= 11 is 0. The van der Waals surface area contributed by atoms with E-state index in [4.69, 9.17) is 0 Å². The largest absolute Gasteiger partial charge is 0.435 e. The van der Waals surface area contributed by atoms with E-state index in [0.717, 1.165) is 18.9 Å². The number of fused-ring (bicyclic) bond motifs is 1. The Morgan fingerprint density at radius 2 is 1.95 bits per heavy atom. The lowest BCUT2D eigenvalue weighted by atomic mass is 9.93. The van der Waals surface area contributed by atoms with Crippen molar-refractivity contribution < 1.29 is 18.3 Å². The topological polar surface area (TPSA) is 62.5 Å². The van der Waals surface area contributed by atoms with Gasteiger partial charge in [0.25, 0.3) is 0 Å². The normalized spacial score (nSPS) is 23.4. The van der Waals surface area contributed by atoms with E-state index in [2.05, 4.69) is 15.4 Å². The molecule has 2 aromatic heterocycles. The number of alkyl halides is 3. The zero-order chi connectivity index (χ0) is 15.0. The summed E-state index contributed by atoms with van der Waals surface area (Å²) in [5.41, 5.74) is -0.631. The van der Waals surface area contributed by atoms with Crippen LogP contribution in [0.25, 0.3) is 5.52 Å². The molecule has 0 aromatic carbocycles. The molecule has 2 heterocycles. The number of nitrogens with one attached hydrogen (secondary N) is 1. The number of aliphatic hydroxyl groups excluding tert-OH is 1. The highest BCUT2D eigenvalue weighted by Crippen LogP contribution is 2.30. The predicted molar refractivity (Wildman–Crippen MR) is 69.9 cm³/mol. The molecule has 1 aliphatic rings. The van der Waals surface area contributed by atoms with Crippen molar-refractivity contribution in [2.75, 3.05) is 5.32 Å². The van der Waals surface area contributed by atoms with E-state index in [1.165, 1.54) is 16.9 Å². The quantitative estimate of drug-likeness (QED) is 0.894. The van der Waals surface area contributed by atoms with Crippen LogP contribution in [0.4, 0.5) is 19.0 Å². The predicted octanol–water partition coefficient (Wildman–Crippen LogP) is 2.46. The summed E-state index contributed by atoms with van der Waals surface area (Å²) in [6.07, 6.45) is 0.966. The number of halogens is 3. The molecule has 2 N–H and O–H groups in total. The minimum atomic E-state index is -4.47. The Kier molecular flexibility index (Phi) is 3.48. The molecule has 0 aliphatic heterocycles. The standard InChI is InChI=1S/C13H15F3N4O/c14-13(15,16)11-7-10-12(17-5-6-20(10)19-11)18-8-1-3-9(21)4-2-8/h5-9,21H,1-4H2,(H,17,18). The van der Waals surface area contributed by atoms with Crippen molar-refractivity contribution in [1.82, 2.24) is 14.6 Å². The Labute approximate surface area is 118 Å². The number of aliphatic hydroxyl groups is 1. The Balaban J connectivity index is 1.86. The number of hydrogen-bond donors (Lipinski definition) is 2. The molecule has 114 valence electrons. The van der Waals surface area contributed by atoms with Gasteiger partial charge in [-0.15, -0.1) is 0 Å². The smallest absolute Gasteiger partial charge is 0.393 e. The molecule has 0 amide bonds. The fourth-order valence-electron chi connectivity index (χ4n) is 2.59.